The van der Waals surface area contributed by atoms with Gasteiger partial charge in [-0.3, -0.25) is 0 Å². The zero-order chi connectivity index (χ0) is 9.97. The van der Waals surface area contributed by atoms with Crippen LogP contribution in [0.15, 0.2) is 41.6 Å². The van der Waals surface area contributed by atoms with E-state index in [0.717, 1.165) is 16.3 Å². The predicted octanol–water partition coefficient (Wildman–Crippen LogP) is 2.35. The van der Waals surface area contributed by atoms with Crippen LogP contribution in [-0.2, 0) is 0 Å². The average molecular weight is 187 g/mol. The fraction of sp³-hybridized carbons (Fsp3) is 0. The van der Waals surface area contributed by atoms with Crippen molar-refractivity contribution < 1.29 is 10.3 Å². The first-order valence-electron chi connectivity index (χ1n) is 4.21. The topological polar surface area (TPSA) is 52.8 Å². The van der Waals surface area contributed by atoms with E-state index in [-0.39, 0.29) is 5.75 Å². The Bertz CT molecular complexity index is 492. The van der Waals surface area contributed by atoms with E-state index in [4.69, 9.17) is 5.21 Å². The average Bonchev–Trinajstić information content (AvgIpc) is 2.23. The molecule has 0 aliphatic heterocycles. The molecule has 0 radical (unpaired) electrons. The summed E-state index contributed by atoms with van der Waals surface area (Å²) in [5.74, 6) is 0.232. The van der Waals surface area contributed by atoms with Crippen LogP contribution >= 0.6 is 0 Å². The number of benzene rings is 2. The lowest BCUT2D eigenvalue weighted by atomic mass is 10.0. The molecular weight excluding hydrogens is 178 g/mol. The van der Waals surface area contributed by atoms with Crippen LogP contribution in [0.25, 0.3) is 10.8 Å². The van der Waals surface area contributed by atoms with Gasteiger partial charge in [0.15, 0.2) is 0 Å². The van der Waals surface area contributed by atoms with E-state index in [2.05, 4.69) is 5.16 Å². The maximum atomic E-state index is 9.56. The van der Waals surface area contributed by atoms with Crippen molar-refractivity contribution in [3.63, 3.8) is 0 Å². The second kappa shape index (κ2) is 3.38. The van der Waals surface area contributed by atoms with Gasteiger partial charge in [-0.25, -0.2) is 0 Å². The summed E-state index contributed by atoms with van der Waals surface area (Å²) in [6, 6.07) is 10.7. The van der Waals surface area contributed by atoms with Crippen molar-refractivity contribution >= 4 is 17.0 Å². The SMILES string of the molecule is O/N=C\c1ccc(O)c2ccccc12. The molecule has 0 fully saturated rings. The molecule has 0 aliphatic rings. The summed E-state index contributed by atoms with van der Waals surface area (Å²) in [5, 5.41) is 22.6. The van der Waals surface area contributed by atoms with Crippen molar-refractivity contribution in [1.29, 1.82) is 0 Å². The number of hydrogen-bond acceptors (Lipinski definition) is 3. The van der Waals surface area contributed by atoms with E-state index < -0.39 is 0 Å². The minimum absolute atomic E-state index is 0.232. The molecule has 2 aromatic carbocycles. The minimum Gasteiger partial charge on any atom is -0.507 e. The molecule has 3 nitrogen and oxygen atoms in total. The van der Waals surface area contributed by atoms with Gasteiger partial charge in [-0.2, -0.15) is 0 Å². The lowest BCUT2D eigenvalue weighted by Gasteiger charge is -2.02. The number of hydrogen-bond donors (Lipinski definition) is 2. The summed E-state index contributed by atoms with van der Waals surface area (Å²) >= 11 is 0. The van der Waals surface area contributed by atoms with Gasteiger partial charge in [0.1, 0.15) is 5.75 Å². The highest BCUT2D eigenvalue weighted by molar-refractivity contribution is 6.01. The molecule has 0 amide bonds. The standard InChI is InChI=1S/C11H9NO2/c13-11-6-5-8(7-12-14)9-3-1-2-4-10(9)11/h1-7,13-14H/b12-7-. The van der Waals surface area contributed by atoms with E-state index in [1.807, 2.05) is 24.3 Å². The van der Waals surface area contributed by atoms with Gasteiger partial charge in [0.25, 0.3) is 0 Å². The Morgan fingerprint density at radius 3 is 2.43 bits per heavy atom. The molecule has 2 aromatic rings. The lowest BCUT2D eigenvalue weighted by molar-refractivity contribution is 0.322. The second-order valence-electron chi connectivity index (χ2n) is 2.96. The van der Waals surface area contributed by atoms with Gasteiger partial charge in [0.2, 0.25) is 0 Å². The van der Waals surface area contributed by atoms with Crippen LogP contribution < -0.4 is 0 Å². The van der Waals surface area contributed by atoms with Crippen LogP contribution in [0.5, 0.6) is 5.75 Å². The molecule has 0 saturated heterocycles. The van der Waals surface area contributed by atoms with Gasteiger partial charge < -0.3 is 10.3 Å². The molecule has 0 unspecified atom stereocenters. The third-order valence-electron chi connectivity index (χ3n) is 2.13. The fourth-order valence-corrected chi connectivity index (χ4v) is 1.48. The molecule has 0 saturated carbocycles. The molecule has 3 heteroatoms. The van der Waals surface area contributed by atoms with E-state index in [1.165, 1.54) is 6.21 Å². The summed E-state index contributed by atoms with van der Waals surface area (Å²) < 4.78 is 0. The van der Waals surface area contributed by atoms with Crippen LogP contribution in [0.2, 0.25) is 0 Å². The number of oxime groups is 1. The number of aromatic hydroxyl groups is 1. The third kappa shape index (κ3) is 1.29. The first kappa shape index (κ1) is 8.56. The van der Waals surface area contributed by atoms with Gasteiger partial charge in [0, 0.05) is 10.9 Å². The van der Waals surface area contributed by atoms with Gasteiger partial charge >= 0.3 is 0 Å². The van der Waals surface area contributed by atoms with Gasteiger partial charge in [0.05, 0.1) is 6.21 Å². The van der Waals surface area contributed by atoms with Crippen molar-refractivity contribution in [2.24, 2.45) is 5.16 Å². The minimum atomic E-state index is 0.232. The fourth-order valence-electron chi connectivity index (χ4n) is 1.48. The summed E-state index contributed by atoms with van der Waals surface area (Å²) in [6.07, 6.45) is 1.35. The Kier molecular flexibility index (Phi) is 2.07. The molecule has 70 valence electrons. The highest BCUT2D eigenvalue weighted by Crippen LogP contribution is 2.26. The smallest absolute Gasteiger partial charge is 0.123 e. The Morgan fingerprint density at radius 2 is 1.71 bits per heavy atom. The largest absolute Gasteiger partial charge is 0.507 e. The van der Waals surface area contributed by atoms with E-state index in [9.17, 15) is 5.11 Å². The van der Waals surface area contributed by atoms with Gasteiger partial charge in [-0.05, 0) is 17.5 Å². The van der Waals surface area contributed by atoms with Crippen molar-refractivity contribution in [2.45, 2.75) is 0 Å². The highest BCUT2D eigenvalue weighted by Gasteiger charge is 2.02. The first-order chi connectivity index (χ1) is 6.83. The zero-order valence-corrected chi connectivity index (χ0v) is 7.38. The second-order valence-corrected chi connectivity index (χ2v) is 2.96. The third-order valence-corrected chi connectivity index (χ3v) is 2.13. The normalized spacial score (nSPS) is 11.1. The number of phenols is 1. The summed E-state index contributed by atoms with van der Waals surface area (Å²) in [4.78, 5) is 0. The number of rotatable bonds is 1. The van der Waals surface area contributed by atoms with Gasteiger partial charge in [-0.15, -0.1) is 0 Å². The van der Waals surface area contributed by atoms with Crippen molar-refractivity contribution in [1.82, 2.24) is 0 Å². The molecule has 0 atom stereocenters. The molecule has 14 heavy (non-hydrogen) atoms. The lowest BCUT2D eigenvalue weighted by Crippen LogP contribution is -1.84. The van der Waals surface area contributed by atoms with Crippen LogP contribution in [0.1, 0.15) is 5.56 Å². The first-order valence-corrected chi connectivity index (χ1v) is 4.21. The van der Waals surface area contributed by atoms with Crippen molar-refractivity contribution in [2.75, 3.05) is 0 Å². The number of nitrogens with zero attached hydrogens (tertiary/aromatic N) is 1. The monoisotopic (exact) mass is 187 g/mol. The molecule has 0 heterocycles. The summed E-state index contributed by atoms with van der Waals surface area (Å²) in [7, 11) is 0. The van der Waals surface area contributed by atoms with Crippen LogP contribution in [-0.4, -0.2) is 16.5 Å². The Labute approximate surface area is 80.9 Å². The van der Waals surface area contributed by atoms with E-state index >= 15 is 0 Å². The molecule has 0 bridgehead atoms. The van der Waals surface area contributed by atoms with Crippen molar-refractivity contribution in [3.05, 3.63) is 42.0 Å². The molecule has 2 N–H and O–H groups in total. The van der Waals surface area contributed by atoms with E-state index in [0.29, 0.717) is 0 Å². The van der Waals surface area contributed by atoms with E-state index in [1.54, 1.807) is 12.1 Å². The molecule has 0 aromatic heterocycles. The summed E-state index contributed by atoms with van der Waals surface area (Å²) in [6.45, 7) is 0. The zero-order valence-electron chi connectivity index (χ0n) is 7.38. The predicted molar refractivity (Wildman–Crippen MR) is 55.0 cm³/mol. The van der Waals surface area contributed by atoms with Crippen LogP contribution in [0, 0.1) is 0 Å². The van der Waals surface area contributed by atoms with Crippen LogP contribution in [0.4, 0.5) is 0 Å². The number of phenolic OH excluding ortho intramolecular Hbond substituents is 1. The van der Waals surface area contributed by atoms with Crippen molar-refractivity contribution in [3.8, 4) is 5.75 Å². The molecule has 0 spiro atoms. The molecule has 2 rings (SSSR count). The van der Waals surface area contributed by atoms with Gasteiger partial charge in [-0.1, -0.05) is 29.4 Å². The Balaban J connectivity index is 2.81. The van der Waals surface area contributed by atoms with Crippen LogP contribution in [0.3, 0.4) is 0 Å². The molecular formula is C11H9NO2. The highest BCUT2D eigenvalue weighted by atomic mass is 16.4. The Morgan fingerprint density at radius 1 is 1.00 bits per heavy atom. The quantitative estimate of drug-likeness (QED) is 0.409. The maximum absolute atomic E-state index is 9.56. The molecule has 0 aliphatic carbocycles. The Hall–Kier alpha value is -2.03. The summed E-state index contributed by atoms with van der Waals surface area (Å²) in [5.41, 5.74) is 0.779. The number of fused-ring (bicyclic) bond motifs is 1. The maximum Gasteiger partial charge on any atom is 0.123 e.